The summed E-state index contributed by atoms with van der Waals surface area (Å²) in [6, 6.07) is 8.22. The molecule has 1 heterocycles. The third kappa shape index (κ3) is 2.31. The summed E-state index contributed by atoms with van der Waals surface area (Å²) < 4.78 is 10.9. The second-order valence-electron chi connectivity index (χ2n) is 5.02. The van der Waals surface area contributed by atoms with Gasteiger partial charge in [-0.1, -0.05) is 25.1 Å². The van der Waals surface area contributed by atoms with Crippen LogP contribution >= 0.6 is 0 Å². The molecule has 1 unspecified atom stereocenters. The van der Waals surface area contributed by atoms with Crippen molar-refractivity contribution < 1.29 is 9.47 Å². The average molecular weight is 235 g/mol. The van der Waals surface area contributed by atoms with Crippen LogP contribution in [0.4, 0.5) is 0 Å². The molecule has 0 spiro atoms. The molecule has 2 N–H and O–H groups in total. The number of ether oxygens (including phenoxy) is 2. The zero-order chi connectivity index (χ0) is 12.3. The molecule has 0 bridgehead atoms. The Morgan fingerprint density at radius 1 is 1.41 bits per heavy atom. The van der Waals surface area contributed by atoms with Crippen LogP contribution in [0.15, 0.2) is 24.3 Å². The Kier molecular flexibility index (Phi) is 3.69. The molecule has 1 atom stereocenters. The molecule has 0 aliphatic carbocycles. The monoisotopic (exact) mass is 235 g/mol. The van der Waals surface area contributed by atoms with E-state index in [-0.39, 0.29) is 5.41 Å². The maximum absolute atomic E-state index is 5.73. The van der Waals surface area contributed by atoms with E-state index < -0.39 is 0 Å². The van der Waals surface area contributed by atoms with Crippen LogP contribution in [0.5, 0.6) is 5.75 Å². The first kappa shape index (κ1) is 12.4. The SMILES string of the molecule is COc1ccccc1C1(CC(C)CN)COC1. The summed E-state index contributed by atoms with van der Waals surface area (Å²) in [7, 11) is 1.72. The van der Waals surface area contributed by atoms with Gasteiger partial charge in [0.2, 0.25) is 0 Å². The molecule has 1 fully saturated rings. The van der Waals surface area contributed by atoms with Crippen LogP contribution in [-0.2, 0) is 10.2 Å². The molecule has 1 saturated heterocycles. The van der Waals surface area contributed by atoms with Crippen molar-refractivity contribution in [3.05, 3.63) is 29.8 Å². The van der Waals surface area contributed by atoms with E-state index in [2.05, 4.69) is 19.1 Å². The lowest BCUT2D eigenvalue weighted by atomic mass is 9.72. The van der Waals surface area contributed by atoms with Crippen molar-refractivity contribution in [2.45, 2.75) is 18.8 Å². The van der Waals surface area contributed by atoms with E-state index >= 15 is 0 Å². The summed E-state index contributed by atoms with van der Waals surface area (Å²) in [5.41, 5.74) is 7.10. The largest absolute Gasteiger partial charge is 0.496 e. The van der Waals surface area contributed by atoms with Gasteiger partial charge in [-0.15, -0.1) is 0 Å². The minimum atomic E-state index is 0.103. The van der Waals surface area contributed by atoms with Crippen molar-refractivity contribution in [1.29, 1.82) is 0 Å². The molecule has 3 nitrogen and oxygen atoms in total. The standard InChI is InChI=1S/C14H21NO2/c1-11(8-15)7-14(9-17-10-14)12-5-3-4-6-13(12)16-2/h3-6,11H,7-10,15H2,1-2H3. The molecule has 3 heteroatoms. The Balaban J connectivity index is 2.28. The molecule has 2 rings (SSSR count). The van der Waals surface area contributed by atoms with Gasteiger partial charge in [-0.05, 0) is 24.9 Å². The molecule has 0 amide bonds. The molecule has 1 aliphatic heterocycles. The first-order valence-corrected chi connectivity index (χ1v) is 6.13. The highest BCUT2D eigenvalue weighted by Gasteiger charge is 2.42. The van der Waals surface area contributed by atoms with Gasteiger partial charge in [-0.2, -0.15) is 0 Å². The molecule has 0 radical (unpaired) electrons. The van der Waals surface area contributed by atoms with Crippen LogP contribution in [0.2, 0.25) is 0 Å². The molecule has 0 aromatic heterocycles. The fourth-order valence-electron chi connectivity index (χ4n) is 2.56. The Labute approximate surface area is 103 Å². The van der Waals surface area contributed by atoms with Gasteiger partial charge < -0.3 is 15.2 Å². The zero-order valence-corrected chi connectivity index (χ0v) is 10.6. The van der Waals surface area contributed by atoms with Gasteiger partial charge in [-0.25, -0.2) is 0 Å². The second kappa shape index (κ2) is 5.07. The van der Waals surface area contributed by atoms with Crippen LogP contribution in [-0.4, -0.2) is 26.9 Å². The first-order valence-electron chi connectivity index (χ1n) is 6.13. The highest BCUT2D eigenvalue weighted by Crippen LogP contribution is 2.42. The van der Waals surface area contributed by atoms with Crippen molar-refractivity contribution in [3.63, 3.8) is 0 Å². The zero-order valence-electron chi connectivity index (χ0n) is 10.6. The van der Waals surface area contributed by atoms with E-state index in [0.29, 0.717) is 5.92 Å². The van der Waals surface area contributed by atoms with Gasteiger partial charge >= 0.3 is 0 Å². The number of benzene rings is 1. The quantitative estimate of drug-likeness (QED) is 0.848. The minimum Gasteiger partial charge on any atom is -0.496 e. The van der Waals surface area contributed by atoms with Gasteiger partial charge in [0.15, 0.2) is 0 Å². The summed E-state index contributed by atoms with van der Waals surface area (Å²) in [4.78, 5) is 0. The third-order valence-electron chi connectivity index (χ3n) is 3.58. The molecular weight excluding hydrogens is 214 g/mol. The number of methoxy groups -OCH3 is 1. The highest BCUT2D eigenvalue weighted by atomic mass is 16.5. The Bertz CT molecular complexity index is 374. The van der Waals surface area contributed by atoms with E-state index in [4.69, 9.17) is 15.2 Å². The van der Waals surface area contributed by atoms with E-state index in [1.807, 2.05) is 12.1 Å². The van der Waals surface area contributed by atoms with E-state index in [1.54, 1.807) is 7.11 Å². The Hall–Kier alpha value is -1.06. The number of rotatable bonds is 5. The second-order valence-corrected chi connectivity index (χ2v) is 5.02. The summed E-state index contributed by atoms with van der Waals surface area (Å²) >= 11 is 0. The first-order chi connectivity index (χ1) is 8.22. The number of hydrogen-bond donors (Lipinski definition) is 1. The van der Waals surface area contributed by atoms with Gasteiger partial charge in [0, 0.05) is 11.0 Å². The van der Waals surface area contributed by atoms with Crippen molar-refractivity contribution >= 4 is 0 Å². The van der Waals surface area contributed by atoms with E-state index in [9.17, 15) is 0 Å². The fourth-order valence-corrected chi connectivity index (χ4v) is 2.56. The maximum Gasteiger partial charge on any atom is 0.122 e. The average Bonchev–Trinajstić information content (AvgIpc) is 2.33. The van der Waals surface area contributed by atoms with E-state index in [0.717, 1.165) is 31.9 Å². The molecule has 94 valence electrons. The van der Waals surface area contributed by atoms with Crippen LogP contribution < -0.4 is 10.5 Å². The summed E-state index contributed by atoms with van der Waals surface area (Å²) in [5.74, 6) is 1.46. The summed E-state index contributed by atoms with van der Waals surface area (Å²) in [5, 5.41) is 0. The van der Waals surface area contributed by atoms with Gasteiger partial charge in [-0.3, -0.25) is 0 Å². The third-order valence-corrected chi connectivity index (χ3v) is 3.58. The topological polar surface area (TPSA) is 44.5 Å². The van der Waals surface area contributed by atoms with Crippen molar-refractivity contribution in [2.75, 3.05) is 26.9 Å². The maximum atomic E-state index is 5.73. The minimum absolute atomic E-state index is 0.103. The summed E-state index contributed by atoms with van der Waals surface area (Å²) in [6.45, 7) is 4.46. The molecular formula is C14H21NO2. The number of para-hydroxylation sites is 1. The molecule has 17 heavy (non-hydrogen) atoms. The van der Waals surface area contributed by atoms with Crippen LogP contribution in [0.1, 0.15) is 18.9 Å². The predicted octanol–water partition coefficient (Wildman–Crippen LogP) is 1.95. The highest BCUT2D eigenvalue weighted by molar-refractivity contribution is 5.41. The van der Waals surface area contributed by atoms with Gasteiger partial charge in [0.25, 0.3) is 0 Å². The molecule has 1 aromatic carbocycles. The van der Waals surface area contributed by atoms with Crippen LogP contribution in [0.25, 0.3) is 0 Å². The Morgan fingerprint density at radius 2 is 2.12 bits per heavy atom. The number of hydrogen-bond acceptors (Lipinski definition) is 3. The van der Waals surface area contributed by atoms with Crippen LogP contribution in [0, 0.1) is 5.92 Å². The smallest absolute Gasteiger partial charge is 0.122 e. The van der Waals surface area contributed by atoms with E-state index in [1.165, 1.54) is 5.56 Å². The predicted molar refractivity (Wildman–Crippen MR) is 68.3 cm³/mol. The van der Waals surface area contributed by atoms with Crippen molar-refractivity contribution in [1.82, 2.24) is 0 Å². The summed E-state index contributed by atoms with van der Waals surface area (Å²) in [6.07, 6.45) is 1.06. The number of nitrogens with two attached hydrogens (primary N) is 1. The lowest BCUT2D eigenvalue weighted by Crippen LogP contribution is -2.48. The molecule has 0 saturated carbocycles. The van der Waals surface area contributed by atoms with Crippen LogP contribution in [0.3, 0.4) is 0 Å². The fraction of sp³-hybridized carbons (Fsp3) is 0.571. The van der Waals surface area contributed by atoms with Crippen molar-refractivity contribution in [2.24, 2.45) is 11.7 Å². The Morgan fingerprint density at radius 3 is 2.65 bits per heavy atom. The van der Waals surface area contributed by atoms with Gasteiger partial charge in [0.05, 0.1) is 20.3 Å². The normalized spacial score (nSPS) is 19.5. The molecule has 1 aliphatic rings. The lowest BCUT2D eigenvalue weighted by molar-refractivity contribution is -0.0710. The lowest BCUT2D eigenvalue weighted by Gasteiger charge is -2.44. The van der Waals surface area contributed by atoms with Gasteiger partial charge in [0.1, 0.15) is 5.75 Å². The van der Waals surface area contributed by atoms with Crippen molar-refractivity contribution in [3.8, 4) is 5.75 Å². The molecule has 1 aromatic rings.